The molecule has 0 aromatic heterocycles. The van der Waals surface area contributed by atoms with E-state index in [1.54, 1.807) is 24.3 Å². The largest absolute Gasteiger partial charge is 0.347 e. The number of rotatable bonds is 3. The van der Waals surface area contributed by atoms with Crippen LogP contribution in [0.15, 0.2) is 29.3 Å². The van der Waals surface area contributed by atoms with E-state index in [4.69, 9.17) is 11.6 Å². The summed E-state index contributed by atoms with van der Waals surface area (Å²) in [6.07, 6.45) is 0.0280. The van der Waals surface area contributed by atoms with Crippen LogP contribution in [-0.4, -0.2) is 30.0 Å². The average Bonchev–Trinajstić information content (AvgIpc) is 2.33. The van der Waals surface area contributed by atoms with Gasteiger partial charge in [0.15, 0.2) is 5.78 Å². The molecule has 1 heterocycles. The molecule has 18 heavy (non-hydrogen) atoms. The van der Waals surface area contributed by atoms with E-state index in [9.17, 15) is 9.59 Å². The van der Waals surface area contributed by atoms with Crippen molar-refractivity contribution in [2.75, 3.05) is 6.54 Å². The number of amides is 1. The summed E-state index contributed by atoms with van der Waals surface area (Å²) >= 11 is 5.75. The Balaban J connectivity index is 2.08. The van der Waals surface area contributed by atoms with Crippen LogP contribution in [0.1, 0.15) is 23.7 Å². The molecule has 1 N–H and O–H groups in total. The molecule has 1 atom stereocenters. The van der Waals surface area contributed by atoms with E-state index in [1.807, 2.05) is 6.92 Å². The number of aliphatic imine (C=N–C) groups is 1. The summed E-state index contributed by atoms with van der Waals surface area (Å²) in [7, 11) is 0. The van der Waals surface area contributed by atoms with Gasteiger partial charge >= 0.3 is 0 Å². The minimum absolute atomic E-state index is 0.0280. The summed E-state index contributed by atoms with van der Waals surface area (Å²) in [6, 6.07) is 6.63. The Morgan fingerprint density at radius 3 is 2.72 bits per heavy atom. The van der Waals surface area contributed by atoms with Gasteiger partial charge in [0.05, 0.1) is 13.0 Å². The molecule has 1 aliphatic rings. The Kier molecular flexibility index (Phi) is 3.77. The first-order valence-electron chi connectivity index (χ1n) is 5.69. The summed E-state index contributed by atoms with van der Waals surface area (Å²) in [5, 5.41) is 3.33. The predicted molar refractivity (Wildman–Crippen MR) is 70.3 cm³/mol. The second kappa shape index (κ2) is 5.31. The first-order chi connectivity index (χ1) is 8.56. The van der Waals surface area contributed by atoms with Gasteiger partial charge in [-0.25, -0.2) is 0 Å². The molecule has 1 aliphatic heterocycles. The Bertz CT molecular complexity index is 508. The van der Waals surface area contributed by atoms with E-state index in [0.29, 0.717) is 22.8 Å². The fraction of sp³-hybridized carbons (Fsp3) is 0.308. The summed E-state index contributed by atoms with van der Waals surface area (Å²) in [5.41, 5.74) is 0.835. The van der Waals surface area contributed by atoms with Gasteiger partial charge < -0.3 is 5.32 Å². The van der Waals surface area contributed by atoms with Crippen molar-refractivity contribution in [3.8, 4) is 0 Å². The highest BCUT2D eigenvalue weighted by molar-refractivity contribution is 6.43. The lowest BCUT2D eigenvalue weighted by molar-refractivity contribution is -0.115. The quantitative estimate of drug-likeness (QED) is 0.848. The third kappa shape index (κ3) is 2.96. The third-order valence-corrected chi connectivity index (χ3v) is 2.94. The number of Topliss-reactive ketones (excluding diaryl/α,β-unsaturated/α-hetero) is 1. The zero-order chi connectivity index (χ0) is 13.1. The van der Waals surface area contributed by atoms with Gasteiger partial charge in [0.1, 0.15) is 5.71 Å². The number of nitrogens with zero attached hydrogens (tertiary/aromatic N) is 1. The molecule has 0 fully saturated rings. The van der Waals surface area contributed by atoms with E-state index in [0.717, 1.165) is 0 Å². The van der Waals surface area contributed by atoms with E-state index in [1.165, 1.54) is 0 Å². The zero-order valence-electron chi connectivity index (χ0n) is 9.94. The smallest absolute Gasteiger partial charge is 0.265 e. The average molecular weight is 265 g/mol. The van der Waals surface area contributed by atoms with E-state index >= 15 is 0 Å². The highest BCUT2D eigenvalue weighted by Gasteiger charge is 2.21. The second-order valence-corrected chi connectivity index (χ2v) is 4.71. The SMILES string of the molecule is C[C@H]1CN=C(CC(=O)c2ccc(Cl)cc2)C(=O)N1. The topological polar surface area (TPSA) is 58.5 Å². The van der Waals surface area contributed by atoms with Crippen molar-refractivity contribution in [2.24, 2.45) is 4.99 Å². The predicted octanol–water partition coefficient (Wildman–Crippen LogP) is 1.87. The van der Waals surface area contributed by atoms with Crippen molar-refractivity contribution in [3.63, 3.8) is 0 Å². The van der Waals surface area contributed by atoms with Crippen molar-refractivity contribution < 1.29 is 9.59 Å². The van der Waals surface area contributed by atoms with Crippen molar-refractivity contribution in [1.29, 1.82) is 0 Å². The second-order valence-electron chi connectivity index (χ2n) is 4.27. The van der Waals surface area contributed by atoms with Gasteiger partial charge in [0.2, 0.25) is 0 Å². The fourth-order valence-electron chi connectivity index (χ4n) is 1.70. The Labute approximate surface area is 110 Å². The van der Waals surface area contributed by atoms with Crippen LogP contribution in [0.5, 0.6) is 0 Å². The van der Waals surface area contributed by atoms with Gasteiger partial charge in [-0.3, -0.25) is 14.6 Å². The molecular formula is C13H13ClN2O2. The standard InChI is InChI=1S/C13H13ClN2O2/c1-8-7-15-11(13(18)16-8)6-12(17)9-2-4-10(14)5-3-9/h2-5,8H,6-7H2,1H3,(H,16,18)/t8-/m0/s1. The number of halogens is 1. The summed E-state index contributed by atoms with van der Waals surface area (Å²) < 4.78 is 0. The summed E-state index contributed by atoms with van der Waals surface area (Å²) in [6.45, 7) is 2.40. The van der Waals surface area contributed by atoms with Crippen LogP contribution in [-0.2, 0) is 4.79 Å². The third-order valence-electron chi connectivity index (χ3n) is 2.69. The van der Waals surface area contributed by atoms with E-state index < -0.39 is 0 Å². The van der Waals surface area contributed by atoms with Crippen LogP contribution in [0.25, 0.3) is 0 Å². The normalized spacial score (nSPS) is 19.1. The van der Waals surface area contributed by atoms with Crippen molar-refractivity contribution in [2.45, 2.75) is 19.4 Å². The van der Waals surface area contributed by atoms with Crippen LogP contribution < -0.4 is 5.32 Å². The molecule has 1 amide bonds. The molecule has 1 aromatic carbocycles. The lowest BCUT2D eigenvalue weighted by atomic mass is 10.0. The summed E-state index contributed by atoms with van der Waals surface area (Å²) in [5.74, 6) is -0.383. The highest BCUT2D eigenvalue weighted by atomic mass is 35.5. The molecule has 0 bridgehead atoms. The van der Waals surface area contributed by atoms with Crippen LogP contribution >= 0.6 is 11.6 Å². The first kappa shape index (κ1) is 12.8. The molecule has 0 saturated carbocycles. The fourth-order valence-corrected chi connectivity index (χ4v) is 1.82. The molecule has 5 heteroatoms. The molecule has 4 nitrogen and oxygen atoms in total. The number of ketones is 1. The van der Waals surface area contributed by atoms with Crippen LogP contribution in [0.4, 0.5) is 0 Å². The first-order valence-corrected chi connectivity index (χ1v) is 6.07. The minimum Gasteiger partial charge on any atom is -0.347 e. The molecular weight excluding hydrogens is 252 g/mol. The Hall–Kier alpha value is -1.68. The van der Waals surface area contributed by atoms with Crippen LogP contribution in [0, 0.1) is 0 Å². The number of nitrogens with one attached hydrogen (secondary N) is 1. The van der Waals surface area contributed by atoms with Crippen molar-refractivity contribution in [3.05, 3.63) is 34.9 Å². The number of benzene rings is 1. The Morgan fingerprint density at radius 2 is 2.11 bits per heavy atom. The van der Waals surface area contributed by atoms with Gasteiger partial charge in [-0.2, -0.15) is 0 Å². The maximum Gasteiger partial charge on any atom is 0.265 e. The van der Waals surface area contributed by atoms with Gasteiger partial charge in [-0.05, 0) is 31.2 Å². The zero-order valence-corrected chi connectivity index (χ0v) is 10.7. The summed E-state index contributed by atoms with van der Waals surface area (Å²) in [4.78, 5) is 27.7. The molecule has 0 radical (unpaired) electrons. The molecule has 0 saturated heterocycles. The molecule has 0 unspecified atom stereocenters. The number of hydrogen-bond donors (Lipinski definition) is 1. The minimum atomic E-state index is -0.254. The van der Waals surface area contributed by atoms with Gasteiger partial charge in [-0.15, -0.1) is 0 Å². The number of carbonyl (C=O) groups excluding carboxylic acids is 2. The van der Waals surface area contributed by atoms with E-state index in [2.05, 4.69) is 10.3 Å². The van der Waals surface area contributed by atoms with E-state index in [-0.39, 0.29) is 24.2 Å². The lowest BCUT2D eigenvalue weighted by Crippen LogP contribution is -2.44. The van der Waals surface area contributed by atoms with Gasteiger partial charge in [0, 0.05) is 16.6 Å². The maximum absolute atomic E-state index is 11.9. The Morgan fingerprint density at radius 1 is 1.44 bits per heavy atom. The molecule has 2 rings (SSSR count). The highest BCUT2D eigenvalue weighted by Crippen LogP contribution is 2.12. The molecule has 1 aromatic rings. The van der Waals surface area contributed by atoms with Gasteiger partial charge in [-0.1, -0.05) is 11.6 Å². The number of carbonyl (C=O) groups is 2. The van der Waals surface area contributed by atoms with Crippen molar-refractivity contribution in [1.82, 2.24) is 5.32 Å². The molecule has 0 aliphatic carbocycles. The van der Waals surface area contributed by atoms with Gasteiger partial charge in [0.25, 0.3) is 5.91 Å². The van der Waals surface area contributed by atoms with Crippen molar-refractivity contribution >= 4 is 29.0 Å². The number of hydrogen-bond acceptors (Lipinski definition) is 3. The van der Waals surface area contributed by atoms with Crippen LogP contribution in [0.3, 0.4) is 0 Å². The lowest BCUT2D eigenvalue weighted by Gasteiger charge is -2.18. The molecule has 94 valence electrons. The van der Waals surface area contributed by atoms with Crippen LogP contribution in [0.2, 0.25) is 5.02 Å². The maximum atomic E-state index is 11.9. The molecule has 0 spiro atoms. The monoisotopic (exact) mass is 264 g/mol.